The highest BCUT2D eigenvalue weighted by Crippen LogP contribution is 2.22. The van der Waals surface area contributed by atoms with Gasteiger partial charge < -0.3 is 15.1 Å². The van der Waals surface area contributed by atoms with Gasteiger partial charge in [-0.15, -0.1) is 0 Å². The van der Waals surface area contributed by atoms with Crippen LogP contribution in [0.25, 0.3) is 0 Å². The average molecular weight is 343 g/mol. The van der Waals surface area contributed by atoms with Crippen molar-refractivity contribution in [3.63, 3.8) is 0 Å². The van der Waals surface area contributed by atoms with Gasteiger partial charge in [0.1, 0.15) is 5.82 Å². The molecule has 0 atom stereocenters. The number of halogens is 2. The molecule has 1 N–H and O–H groups in total. The van der Waals surface area contributed by atoms with E-state index in [1.165, 1.54) is 12.1 Å². The van der Waals surface area contributed by atoms with Gasteiger partial charge in [0.15, 0.2) is 0 Å². The normalized spacial score (nSPS) is 15.4. The van der Waals surface area contributed by atoms with Gasteiger partial charge in [-0.05, 0) is 18.2 Å². The summed E-state index contributed by atoms with van der Waals surface area (Å²) in [5.41, 5.74) is 0.388. The standard InChI is InChI=1S/C15H20ClFN4O2/c1-19(2)15(23)21-7-5-20(6-8-21)10-14(22)18-13-4-3-11(17)9-12(13)16/h3-4,9H,5-8,10H2,1-2H3,(H,18,22). The van der Waals surface area contributed by atoms with Crippen LogP contribution in [0.2, 0.25) is 5.02 Å². The molecule has 0 saturated carbocycles. The molecule has 1 aromatic rings. The van der Waals surface area contributed by atoms with Gasteiger partial charge in [-0.25, -0.2) is 9.18 Å². The Kier molecular flexibility index (Phi) is 5.79. The largest absolute Gasteiger partial charge is 0.331 e. The lowest BCUT2D eigenvalue weighted by atomic mass is 10.3. The number of rotatable bonds is 3. The monoisotopic (exact) mass is 342 g/mol. The topological polar surface area (TPSA) is 55.9 Å². The number of amides is 3. The highest BCUT2D eigenvalue weighted by molar-refractivity contribution is 6.33. The lowest BCUT2D eigenvalue weighted by Gasteiger charge is -2.35. The number of piperazine rings is 1. The Bertz CT molecular complexity index is 589. The Morgan fingerprint density at radius 3 is 2.48 bits per heavy atom. The summed E-state index contributed by atoms with van der Waals surface area (Å²) in [4.78, 5) is 29.1. The maximum Gasteiger partial charge on any atom is 0.319 e. The van der Waals surface area contributed by atoms with Crippen molar-refractivity contribution >= 4 is 29.2 Å². The number of hydrogen-bond donors (Lipinski definition) is 1. The number of urea groups is 1. The smallest absolute Gasteiger partial charge is 0.319 e. The average Bonchev–Trinajstić information content (AvgIpc) is 2.50. The quantitative estimate of drug-likeness (QED) is 0.910. The number of hydrogen-bond acceptors (Lipinski definition) is 3. The third-order valence-corrected chi connectivity index (χ3v) is 3.91. The fourth-order valence-electron chi connectivity index (χ4n) is 2.36. The first kappa shape index (κ1) is 17.5. The Hall–Kier alpha value is -1.86. The van der Waals surface area contributed by atoms with Crippen molar-refractivity contribution in [3.05, 3.63) is 29.0 Å². The number of carbonyl (C=O) groups is 2. The summed E-state index contributed by atoms with van der Waals surface area (Å²) in [6, 6.07) is 3.81. The minimum Gasteiger partial charge on any atom is -0.331 e. The lowest BCUT2D eigenvalue weighted by molar-refractivity contribution is -0.117. The molecule has 0 radical (unpaired) electrons. The van der Waals surface area contributed by atoms with Crippen LogP contribution < -0.4 is 5.32 Å². The van der Waals surface area contributed by atoms with E-state index < -0.39 is 5.82 Å². The van der Waals surface area contributed by atoms with E-state index in [4.69, 9.17) is 11.6 Å². The van der Waals surface area contributed by atoms with E-state index in [9.17, 15) is 14.0 Å². The molecule has 8 heteroatoms. The molecule has 1 saturated heterocycles. The maximum atomic E-state index is 13.0. The SMILES string of the molecule is CN(C)C(=O)N1CCN(CC(=O)Nc2ccc(F)cc2Cl)CC1. The molecular formula is C15H20ClFN4O2. The van der Waals surface area contributed by atoms with Crippen LogP contribution in [0.4, 0.5) is 14.9 Å². The Balaban J connectivity index is 1.82. The van der Waals surface area contributed by atoms with Gasteiger partial charge >= 0.3 is 6.03 Å². The minimum absolute atomic E-state index is 0.0211. The number of nitrogens with one attached hydrogen (secondary N) is 1. The fraction of sp³-hybridized carbons (Fsp3) is 0.467. The van der Waals surface area contributed by atoms with Crippen molar-refractivity contribution in [2.45, 2.75) is 0 Å². The number of anilines is 1. The van der Waals surface area contributed by atoms with E-state index in [1.54, 1.807) is 23.9 Å². The van der Waals surface area contributed by atoms with Gasteiger partial charge in [-0.3, -0.25) is 9.69 Å². The van der Waals surface area contributed by atoms with Crippen LogP contribution >= 0.6 is 11.6 Å². The zero-order chi connectivity index (χ0) is 17.0. The molecule has 2 rings (SSSR count). The van der Waals surface area contributed by atoms with Gasteiger partial charge in [0.2, 0.25) is 5.91 Å². The molecule has 3 amide bonds. The van der Waals surface area contributed by atoms with Gasteiger partial charge in [0, 0.05) is 40.3 Å². The summed E-state index contributed by atoms with van der Waals surface area (Å²) in [5.74, 6) is -0.666. The molecule has 0 unspecified atom stereocenters. The van der Waals surface area contributed by atoms with E-state index in [0.29, 0.717) is 31.9 Å². The van der Waals surface area contributed by atoms with Crippen LogP contribution in [0.5, 0.6) is 0 Å². The van der Waals surface area contributed by atoms with Crippen molar-refractivity contribution in [1.82, 2.24) is 14.7 Å². The van der Waals surface area contributed by atoms with Gasteiger partial charge in [-0.1, -0.05) is 11.6 Å². The Morgan fingerprint density at radius 2 is 1.91 bits per heavy atom. The maximum absolute atomic E-state index is 13.0. The first-order valence-corrected chi connectivity index (χ1v) is 7.68. The van der Waals surface area contributed by atoms with E-state index in [1.807, 2.05) is 4.90 Å². The molecular weight excluding hydrogens is 323 g/mol. The highest BCUT2D eigenvalue weighted by atomic mass is 35.5. The van der Waals surface area contributed by atoms with Crippen molar-refractivity contribution in [1.29, 1.82) is 0 Å². The molecule has 0 spiro atoms. The molecule has 0 aromatic heterocycles. The van der Waals surface area contributed by atoms with Gasteiger partial charge in [0.05, 0.1) is 17.3 Å². The van der Waals surface area contributed by atoms with E-state index >= 15 is 0 Å². The van der Waals surface area contributed by atoms with Crippen LogP contribution in [0.1, 0.15) is 0 Å². The van der Waals surface area contributed by atoms with Crippen LogP contribution in [-0.4, -0.2) is 73.5 Å². The molecule has 6 nitrogen and oxygen atoms in total. The third-order valence-electron chi connectivity index (χ3n) is 3.60. The number of benzene rings is 1. The number of nitrogens with zero attached hydrogens (tertiary/aromatic N) is 3. The van der Waals surface area contributed by atoms with Crippen molar-refractivity contribution in [3.8, 4) is 0 Å². The van der Waals surface area contributed by atoms with Crippen molar-refractivity contribution in [2.24, 2.45) is 0 Å². The molecule has 1 aliphatic heterocycles. The molecule has 1 aromatic carbocycles. The Morgan fingerprint density at radius 1 is 1.26 bits per heavy atom. The molecule has 1 fully saturated rings. The minimum atomic E-state index is -0.449. The molecule has 0 aliphatic carbocycles. The summed E-state index contributed by atoms with van der Waals surface area (Å²) in [6.07, 6.45) is 0. The second kappa shape index (κ2) is 7.61. The zero-order valence-electron chi connectivity index (χ0n) is 13.2. The Labute approximate surface area is 139 Å². The fourth-order valence-corrected chi connectivity index (χ4v) is 2.58. The van der Waals surface area contributed by atoms with E-state index in [0.717, 1.165) is 6.07 Å². The van der Waals surface area contributed by atoms with Crippen molar-refractivity contribution in [2.75, 3.05) is 52.1 Å². The molecule has 126 valence electrons. The van der Waals surface area contributed by atoms with Crippen LogP contribution in [0.3, 0.4) is 0 Å². The predicted octanol–water partition coefficient (Wildman–Crippen LogP) is 1.72. The van der Waals surface area contributed by atoms with Crippen LogP contribution in [-0.2, 0) is 4.79 Å². The predicted molar refractivity (Wildman–Crippen MR) is 87.1 cm³/mol. The van der Waals surface area contributed by atoms with Crippen molar-refractivity contribution < 1.29 is 14.0 Å². The van der Waals surface area contributed by atoms with E-state index in [-0.39, 0.29) is 23.5 Å². The molecule has 0 bridgehead atoms. The lowest BCUT2D eigenvalue weighted by Crippen LogP contribution is -2.52. The number of carbonyl (C=O) groups excluding carboxylic acids is 2. The molecule has 1 aliphatic rings. The second-order valence-electron chi connectivity index (χ2n) is 5.61. The molecule has 1 heterocycles. The highest BCUT2D eigenvalue weighted by Gasteiger charge is 2.23. The van der Waals surface area contributed by atoms with Crippen LogP contribution in [0, 0.1) is 5.82 Å². The molecule has 23 heavy (non-hydrogen) atoms. The summed E-state index contributed by atoms with van der Waals surface area (Å²) in [5, 5.41) is 2.84. The summed E-state index contributed by atoms with van der Waals surface area (Å²) in [7, 11) is 3.43. The first-order valence-electron chi connectivity index (χ1n) is 7.30. The van der Waals surface area contributed by atoms with E-state index in [2.05, 4.69) is 5.32 Å². The summed E-state index contributed by atoms with van der Waals surface area (Å²) >= 11 is 5.88. The second-order valence-corrected chi connectivity index (χ2v) is 6.02. The zero-order valence-corrected chi connectivity index (χ0v) is 13.9. The van der Waals surface area contributed by atoms with Gasteiger partial charge in [-0.2, -0.15) is 0 Å². The summed E-state index contributed by atoms with van der Waals surface area (Å²) in [6.45, 7) is 2.63. The van der Waals surface area contributed by atoms with Crippen LogP contribution in [0.15, 0.2) is 18.2 Å². The summed E-state index contributed by atoms with van der Waals surface area (Å²) < 4.78 is 13.0. The van der Waals surface area contributed by atoms with Gasteiger partial charge in [0.25, 0.3) is 0 Å². The third kappa shape index (κ3) is 4.80. The first-order chi connectivity index (χ1) is 10.9.